The molecule has 0 aromatic heterocycles. The molecule has 2 rings (SSSR count). The number of nitrogens with one attached hydrogen (secondary N) is 2. The Kier molecular flexibility index (Phi) is 3.77. The summed E-state index contributed by atoms with van der Waals surface area (Å²) in [5.74, 6) is -0.275. The first kappa shape index (κ1) is 13.8. The van der Waals surface area contributed by atoms with Gasteiger partial charge in [-0.2, -0.15) is 4.72 Å². The van der Waals surface area contributed by atoms with Gasteiger partial charge in [0.15, 0.2) is 0 Å². The van der Waals surface area contributed by atoms with Gasteiger partial charge in [-0.3, -0.25) is 4.79 Å². The highest BCUT2D eigenvalue weighted by Gasteiger charge is 2.28. The third-order valence-corrected chi connectivity index (χ3v) is 4.70. The molecule has 1 unspecified atom stereocenters. The third kappa shape index (κ3) is 3.05. The Balaban J connectivity index is 2.24. The van der Waals surface area contributed by atoms with E-state index in [0.717, 1.165) is 6.42 Å². The second-order valence-corrected chi connectivity index (χ2v) is 6.31. The molecule has 0 radical (unpaired) electrons. The molecule has 1 aliphatic rings. The summed E-state index contributed by atoms with van der Waals surface area (Å²) in [6, 6.07) is 3.88. The predicted molar refractivity (Wildman–Crippen MR) is 71.9 cm³/mol. The lowest BCUT2D eigenvalue weighted by Crippen LogP contribution is -2.50. The number of piperidine rings is 1. The lowest BCUT2D eigenvalue weighted by molar-refractivity contribution is -0.124. The van der Waals surface area contributed by atoms with Crippen LogP contribution in [0.15, 0.2) is 23.1 Å². The Bertz CT molecular complexity index is 598. The van der Waals surface area contributed by atoms with E-state index in [-0.39, 0.29) is 10.8 Å². The van der Waals surface area contributed by atoms with Crippen molar-refractivity contribution in [3.05, 3.63) is 23.8 Å². The van der Waals surface area contributed by atoms with Gasteiger partial charge in [-0.1, -0.05) is 0 Å². The molecule has 19 heavy (non-hydrogen) atoms. The zero-order valence-electron chi connectivity index (χ0n) is 10.6. The van der Waals surface area contributed by atoms with Crippen LogP contribution in [-0.2, 0) is 14.8 Å². The van der Waals surface area contributed by atoms with E-state index in [1.807, 2.05) is 0 Å². The number of benzene rings is 1. The standard InChI is InChI=1S/C12H17N3O3S/c1-8-7-9(13)4-5-11(8)19(17,18)15-10-3-2-6-14-12(10)16/h4-5,7,10,15H,2-3,6,13H2,1H3,(H,14,16). The molecule has 1 saturated heterocycles. The molecule has 4 N–H and O–H groups in total. The summed E-state index contributed by atoms with van der Waals surface area (Å²) in [7, 11) is -3.71. The van der Waals surface area contributed by atoms with E-state index in [0.29, 0.717) is 24.2 Å². The number of aryl methyl sites for hydroxylation is 1. The van der Waals surface area contributed by atoms with Crippen molar-refractivity contribution in [2.75, 3.05) is 12.3 Å². The molecule has 1 aliphatic heterocycles. The molecule has 1 aromatic carbocycles. The molecule has 1 atom stereocenters. The number of carbonyl (C=O) groups is 1. The Morgan fingerprint density at radius 2 is 2.16 bits per heavy atom. The van der Waals surface area contributed by atoms with Gasteiger partial charge in [-0.05, 0) is 43.5 Å². The number of rotatable bonds is 3. The topological polar surface area (TPSA) is 101 Å². The number of carbonyl (C=O) groups excluding carboxylic acids is 1. The van der Waals surface area contributed by atoms with Crippen LogP contribution in [0.4, 0.5) is 5.69 Å². The smallest absolute Gasteiger partial charge is 0.241 e. The number of amides is 1. The van der Waals surface area contributed by atoms with E-state index in [4.69, 9.17) is 5.73 Å². The highest BCUT2D eigenvalue weighted by molar-refractivity contribution is 7.89. The summed E-state index contributed by atoms with van der Waals surface area (Å²) < 4.78 is 26.9. The molecule has 1 aromatic rings. The first-order valence-corrected chi connectivity index (χ1v) is 7.54. The van der Waals surface area contributed by atoms with Crippen LogP contribution in [0.2, 0.25) is 0 Å². The highest BCUT2D eigenvalue weighted by Crippen LogP contribution is 2.19. The Morgan fingerprint density at radius 1 is 1.42 bits per heavy atom. The first-order valence-electron chi connectivity index (χ1n) is 6.06. The molecule has 1 fully saturated rings. The SMILES string of the molecule is Cc1cc(N)ccc1S(=O)(=O)NC1CCCNC1=O. The molecule has 6 nitrogen and oxygen atoms in total. The van der Waals surface area contributed by atoms with E-state index in [9.17, 15) is 13.2 Å². The number of nitrogens with two attached hydrogens (primary N) is 1. The van der Waals surface area contributed by atoms with Crippen molar-refractivity contribution in [3.8, 4) is 0 Å². The van der Waals surface area contributed by atoms with Crippen molar-refractivity contribution >= 4 is 21.6 Å². The van der Waals surface area contributed by atoms with E-state index in [2.05, 4.69) is 10.0 Å². The summed E-state index contributed by atoms with van der Waals surface area (Å²) in [5.41, 5.74) is 6.66. The van der Waals surface area contributed by atoms with Crippen molar-refractivity contribution in [1.29, 1.82) is 0 Å². The fourth-order valence-corrected chi connectivity index (χ4v) is 3.57. The fourth-order valence-electron chi connectivity index (χ4n) is 2.11. The lowest BCUT2D eigenvalue weighted by atomic mass is 10.1. The molecule has 7 heteroatoms. The van der Waals surface area contributed by atoms with Gasteiger partial charge >= 0.3 is 0 Å². The van der Waals surface area contributed by atoms with Crippen LogP contribution in [0, 0.1) is 6.92 Å². The maximum Gasteiger partial charge on any atom is 0.241 e. The molecule has 0 saturated carbocycles. The molecule has 0 spiro atoms. The summed E-state index contributed by atoms with van der Waals surface area (Å²) in [4.78, 5) is 11.7. The Morgan fingerprint density at radius 3 is 2.79 bits per heavy atom. The minimum atomic E-state index is -3.71. The first-order chi connectivity index (χ1) is 8.90. The minimum Gasteiger partial charge on any atom is -0.399 e. The van der Waals surface area contributed by atoms with Crippen molar-refractivity contribution in [3.63, 3.8) is 0 Å². The van der Waals surface area contributed by atoms with E-state index in [1.165, 1.54) is 12.1 Å². The quantitative estimate of drug-likeness (QED) is 0.686. The van der Waals surface area contributed by atoms with Crippen molar-refractivity contribution in [2.45, 2.75) is 30.7 Å². The number of sulfonamides is 1. The third-order valence-electron chi connectivity index (χ3n) is 3.07. The fraction of sp³-hybridized carbons (Fsp3) is 0.417. The zero-order valence-corrected chi connectivity index (χ0v) is 11.5. The van der Waals surface area contributed by atoms with Crippen molar-refractivity contribution in [2.24, 2.45) is 0 Å². The number of anilines is 1. The van der Waals surface area contributed by atoms with Crippen molar-refractivity contribution in [1.82, 2.24) is 10.0 Å². The van der Waals surface area contributed by atoms with Gasteiger partial charge < -0.3 is 11.1 Å². The molecular weight excluding hydrogens is 266 g/mol. The summed E-state index contributed by atoms with van der Waals surface area (Å²) in [6.07, 6.45) is 1.28. The average molecular weight is 283 g/mol. The number of nitrogen functional groups attached to an aromatic ring is 1. The van der Waals surface area contributed by atoms with Crippen LogP contribution in [0.3, 0.4) is 0 Å². The van der Waals surface area contributed by atoms with Crippen LogP contribution >= 0.6 is 0 Å². The van der Waals surface area contributed by atoms with Gasteiger partial charge in [-0.15, -0.1) is 0 Å². The minimum absolute atomic E-state index is 0.153. The summed E-state index contributed by atoms with van der Waals surface area (Å²) in [5, 5.41) is 2.64. The second-order valence-electron chi connectivity index (χ2n) is 4.63. The molecular formula is C12H17N3O3S. The monoisotopic (exact) mass is 283 g/mol. The lowest BCUT2D eigenvalue weighted by Gasteiger charge is -2.23. The van der Waals surface area contributed by atoms with E-state index in [1.54, 1.807) is 13.0 Å². The van der Waals surface area contributed by atoms with Crippen LogP contribution in [0.5, 0.6) is 0 Å². The second kappa shape index (κ2) is 5.18. The molecule has 1 heterocycles. The predicted octanol–water partition coefficient (Wildman–Crippen LogP) is 0.134. The van der Waals surface area contributed by atoms with Gasteiger partial charge in [0.2, 0.25) is 15.9 Å². The Hall–Kier alpha value is -1.60. The molecule has 104 valence electrons. The van der Waals surface area contributed by atoms with Gasteiger partial charge in [0.25, 0.3) is 0 Å². The summed E-state index contributed by atoms with van der Waals surface area (Å²) >= 11 is 0. The van der Waals surface area contributed by atoms with Gasteiger partial charge in [0.05, 0.1) is 4.90 Å². The van der Waals surface area contributed by atoms with Crippen LogP contribution in [-0.4, -0.2) is 26.9 Å². The highest BCUT2D eigenvalue weighted by atomic mass is 32.2. The van der Waals surface area contributed by atoms with Gasteiger partial charge in [-0.25, -0.2) is 8.42 Å². The van der Waals surface area contributed by atoms with Crippen LogP contribution in [0.25, 0.3) is 0 Å². The van der Waals surface area contributed by atoms with Crippen LogP contribution < -0.4 is 15.8 Å². The van der Waals surface area contributed by atoms with Gasteiger partial charge in [0, 0.05) is 12.2 Å². The largest absolute Gasteiger partial charge is 0.399 e. The Labute approximate surface area is 112 Å². The number of hydrogen-bond acceptors (Lipinski definition) is 4. The zero-order chi connectivity index (χ0) is 14.0. The maximum absolute atomic E-state index is 12.2. The molecule has 0 bridgehead atoms. The molecule has 1 amide bonds. The number of hydrogen-bond donors (Lipinski definition) is 3. The van der Waals surface area contributed by atoms with Gasteiger partial charge in [0.1, 0.15) is 6.04 Å². The molecule has 0 aliphatic carbocycles. The maximum atomic E-state index is 12.2. The van der Waals surface area contributed by atoms with Crippen molar-refractivity contribution < 1.29 is 13.2 Å². The van der Waals surface area contributed by atoms with Crippen LogP contribution in [0.1, 0.15) is 18.4 Å². The van der Waals surface area contributed by atoms with E-state index >= 15 is 0 Å². The summed E-state index contributed by atoms with van der Waals surface area (Å²) in [6.45, 7) is 2.27. The van der Waals surface area contributed by atoms with E-state index < -0.39 is 16.1 Å². The average Bonchev–Trinajstić information content (AvgIpc) is 2.31. The normalized spacial score (nSPS) is 20.1.